The van der Waals surface area contributed by atoms with Crippen LogP contribution in [-0.4, -0.2) is 28.8 Å². The largest absolute Gasteiger partial charge is 0.350 e. The number of hydrogen-bond donors (Lipinski definition) is 1. The van der Waals surface area contributed by atoms with Crippen molar-refractivity contribution in [2.24, 2.45) is 0 Å². The van der Waals surface area contributed by atoms with Crippen LogP contribution in [0, 0.1) is 17.0 Å². The quantitative estimate of drug-likeness (QED) is 0.639. The topological polar surface area (TPSA) is 75.5 Å². The molecule has 0 heterocycles. The zero-order chi connectivity index (χ0) is 17.7. The molecule has 0 fully saturated rings. The lowest BCUT2D eigenvalue weighted by Crippen LogP contribution is -2.30. The second-order valence-electron chi connectivity index (χ2n) is 5.46. The molecule has 0 aromatic heterocycles. The fraction of sp³-hybridized carbons (Fsp3) is 0.278. The zero-order valence-electron chi connectivity index (χ0n) is 14.1. The van der Waals surface area contributed by atoms with Gasteiger partial charge in [-0.1, -0.05) is 6.07 Å². The number of nitrogens with zero attached hydrogens (tertiary/aromatic N) is 2. The van der Waals surface area contributed by atoms with E-state index in [1.165, 1.54) is 6.07 Å². The van der Waals surface area contributed by atoms with Gasteiger partial charge in [0.15, 0.2) is 0 Å². The van der Waals surface area contributed by atoms with Crippen molar-refractivity contribution in [3.8, 4) is 0 Å². The number of carbonyl (C=O) groups is 1. The van der Waals surface area contributed by atoms with Gasteiger partial charge in [-0.3, -0.25) is 14.9 Å². The molecule has 2 aromatic rings. The van der Waals surface area contributed by atoms with Crippen molar-refractivity contribution < 1.29 is 9.72 Å². The van der Waals surface area contributed by atoms with Crippen molar-refractivity contribution in [2.75, 3.05) is 18.4 Å². The molecule has 0 saturated carbocycles. The Morgan fingerprint density at radius 1 is 1.12 bits per heavy atom. The highest BCUT2D eigenvalue weighted by molar-refractivity contribution is 5.94. The van der Waals surface area contributed by atoms with Crippen LogP contribution in [-0.2, 0) is 0 Å². The number of nitrogens with one attached hydrogen (secondary N) is 1. The Bertz CT molecular complexity index is 738. The summed E-state index contributed by atoms with van der Waals surface area (Å²) in [6.45, 7) is 7.00. The van der Waals surface area contributed by atoms with Crippen LogP contribution in [0.3, 0.4) is 0 Å². The van der Waals surface area contributed by atoms with E-state index in [1.807, 2.05) is 26.8 Å². The minimum atomic E-state index is -0.409. The lowest BCUT2D eigenvalue weighted by atomic mass is 10.1. The number of rotatable bonds is 6. The standard InChI is InChI=1S/C18H21N3O3/c1-4-20(5-2)18(22)14-7-9-15(10-8-14)19-16-11-6-13(3)12-17(16)21(23)24/h6-12,19H,4-5H2,1-3H3. The smallest absolute Gasteiger partial charge is 0.292 e. The van der Waals surface area contributed by atoms with Crippen LogP contribution in [0.4, 0.5) is 17.1 Å². The molecule has 2 rings (SSSR count). The Morgan fingerprint density at radius 2 is 1.75 bits per heavy atom. The molecule has 1 N–H and O–H groups in total. The molecular formula is C18H21N3O3. The third-order valence-electron chi connectivity index (χ3n) is 3.81. The second-order valence-corrected chi connectivity index (χ2v) is 5.46. The average Bonchev–Trinajstić information content (AvgIpc) is 2.58. The molecule has 1 amide bonds. The van der Waals surface area contributed by atoms with Gasteiger partial charge in [0, 0.05) is 30.4 Å². The first-order chi connectivity index (χ1) is 11.5. The molecule has 0 aliphatic heterocycles. The van der Waals surface area contributed by atoms with E-state index in [-0.39, 0.29) is 11.6 Å². The highest BCUT2D eigenvalue weighted by Gasteiger charge is 2.15. The van der Waals surface area contributed by atoms with Gasteiger partial charge in [0.25, 0.3) is 11.6 Å². The molecule has 6 nitrogen and oxygen atoms in total. The van der Waals surface area contributed by atoms with Crippen LogP contribution < -0.4 is 5.32 Å². The van der Waals surface area contributed by atoms with Gasteiger partial charge in [-0.25, -0.2) is 0 Å². The lowest BCUT2D eigenvalue weighted by Gasteiger charge is -2.18. The number of anilines is 2. The number of nitro benzene ring substituents is 1. The molecular weight excluding hydrogens is 306 g/mol. The van der Waals surface area contributed by atoms with E-state index in [0.717, 1.165) is 5.56 Å². The molecule has 0 atom stereocenters. The summed E-state index contributed by atoms with van der Waals surface area (Å²) in [6, 6.07) is 12.0. The van der Waals surface area contributed by atoms with Crippen molar-refractivity contribution >= 4 is 23.0 Å². The molecule has 2 aromatic carbocycles. The number of carbonyl (C=O) groups excluding carboxylic acids is 1. The minimum Gasteiger partial charge on any atom is -0.350 e. The van der Waals surface area contributed by atoms with E-state index in [2.05, 4.69) is 5.32 Å². The van der Waals surface area contributed by atoms with Gasteiger partial charge in [-0.05, 0) is 56.7 Å². The van der Waals surface area contributed by atoms with Crippen LogP contribution >= 0.6 is 0 Å². The molecule has 0 aliphatic rings. The average molecular weight is 327 g/mol. The maximum absolute atomic E-state index is 12.3. The molecule has 0 aliphatic carbocycles. The molecule has 0 unspecified atom stereocenters. The zero-order valence-corrected chi connectivity index (χ0v) is 14.1. The first kappa shape index (κ1) is 17.5. The number of amides is 1. The summed E-state index contributed by atoms with van der Waals surface area (Å²) in [5, 5.41) is 14.2. The maximum Gasteiger partial charge on any atom is 0.292 e. The van der Waals surface area contributed by atoms with Gasteiger partial charge in [0.1, 0.15) is 5.69 Å². The highest BCUT2D eigenvalue weighted by Crippen LogP contribution is 2.28. The van der Waals surface area contributed by atoms with Crippen LogP contribution in [0.1, 0.15) is 29.8 Å². The van der Waals surface area contributed by atoms with Crippen molar-refractivity contribution in [1.29, 1.82) is 0 Å². The first-order valence-corrected chi connectivity index (χ1v) is 7.87. The Labute approximate surface area is 141 Å². The summed E-state index contributed by atoms with van der Waals surface area (Å²) in [4.78, 5) is 24.8. The monoisotopic (exact) mass is 327 g/mol. The molecule has 126 valence electrons. The third kappa shape index (κ3) is 3.90. The summed E-state index contributed by atoms with van der Waals surface area (Å²) >= 11 is 0. The van der Waals surface area contributed by atoms with E-state index in [1.54, 1.807) is 35.2 Å². The van der Waals surface area contributed by atoms with Crippen molar-refractivity contribution in [3.05, 3.63) is 63.7 Å². The molecule has 6 heteroatoms. The Balaban J connectivity index is 2.21. The number of hydrogen-bond acceptors (Lipinski definition) is 4. The van der Waals surface area contributed by atoms with E-state index in [0.29, 0.717) is 30.0 Å². The highest BCUT2D eigenvalue weighted by atomic mass is 16.6. The van der Waals surface area contributed by atoms with Gasteiger partial charge in [-0.15, -0.1) is 0 Å². The van der Waals surface area contributed by atoms with E-state index in [9.17, 15) is 14.9 Å². The summed E-state index contributed by atoms with van der Waals surface area (Å²) in [7, 11) is 0. The summed E-state index contributed by atoms with van der Waals surface area (Å²) in [5.74, 6) is -0.0205. The van der Waals surface area contributed by atoms with E-state index >= 15 is 0 Å². The Kier molecular flexibility index (Phi) is 5.52. The van der Waals surface area contributed by atoms with Gasteiger partial charge < -0.3 is 10.2 Å². The van der Waals surface area contributed by atoms with E-state index in [4.69, 9.17) is 0 Å². The van der Waals surface area contributed by atoms with Gasteiger partial charge in [-0.2, -0.15) is 0 Å². The number of benzene rings is 2. The van der Waals surface area contributed by atoms with Crippen LogP contribution in [0.15, 0.2) is 42.5 Å². The fourth-order valence-electron chi connectivity index (χ4n) is 2.44. The number of nitro groups is 1. The SMILES string of the molecule is CCN(CC)C(=O)c1ccc(Nc2ccc(C)cc2[N+](=O)[O-])cc1. The van der Waals surface area contributed by atoms with Crippen LogP contribution in [0.2, 0.25) is 0 Å². The van der Waals surface area contributed by atoms with Crippen molar-refractivity contribution in [1.82, 2.24) is 4.90 Å². The molecule has 0 bridgehead atoms. The molecule has 24 heavy (non-hydrogen) atoms. The summed E-state index contributed by atoms with van der Waals surface area (Å²) in [5.41, 5.74) is 2.57. The van der Waals surface area contributed by atoms with Crippen molar-refractivity contribution in [3.63, 3.8) is 0 Å². The van der Waals surface area contributed by atoms with Gasteiger partial charge in [0.2, 0.25) is 0 Å². The maximum atomic E-state index is 12.3. The Hall–Kier alpha value is -2.89. The minimum absolute atomic E-state index is 0.0205. The molecule has 0 radical (unpaired) electrons. The lowest BCUT2D eigenvalue weighted by molar-refractivity contribution is -0.384. The second kappa shape index (κ2) is 7.59. The summed E-state index contributed by atoms with van der Waals surface area (Å²) in [6.07, 6.45) is 0. The van der Waals surface area contributed by atoms with Gasteiger partial charge >= 0.3 is 0 Å². The predicted molar refractivity (Wildman–Crippen MR) is 94.8 cm³/mol. The predicted octanol–water partition coefficient (Wildman–Crippen LogP) is 4.13. The Morgan fingerprint density at radius 3 is 2.29 bits per heavy atom. The van der Waals surface area contributed by atoms with Crippen LogP contribution in [0.5, 0.6) is 0 Å². The van der Waals surface area contributed by atoms with Crippen LogP contribution in [0.25, 0.3) is 0 Å². The fourth-order valence-corrected chi connectivity index (χ4v) is 2.44. The van der Waals surface area contributed by atoms with E-state index < -0.39 is 4.92 Å². The number of aryl methyl sites for hydroxylation is 1. The molecule has 0 saturated heterocycles. The summed E-state index contributed by atoms with van der Waals surface area (Å²) < 4.78 is 0. The van der Waals surface area contributed by atoms with Gasteiger partial charge in [0.05, 0.1) is 4.92 Å². The third-order valence-corrected chi connectivity index (χ3v) is 3.81. The van der Waals surface area contributed by atoms with Crippen molar-refractivity contribution in [2.45, 2.75) is 20.8 Å². The normalized spacial score (nSPS) is 10.3. The first-order valence-electron chi connectivity index (χ1n) is 7.87. The molecule has 0 spiro atoms.